The molecule has 1 saturated heterocycles. The zero-order valence-electron chi connectivity index (χ0n) is 31.6. The molecule has 10 nitrogen and oxygen atoms in total. The van der Waals surface area contributed by atoms with Gasteiger partial charge in [-0.05, 0) is 55.9 Å². The molecule has 0 unspecified atom stereocenters. The molecule has 4 aromatic rings. The number of alkyl carbamates (subject to hydrolysis) is 1. The van der Waals surface area contributed by atoms with Crippen LogP contribution in [0.5, 0.6) is 0 Å². The van der Waals surface area contributed by atoms with Gasteiger partial charge in [0.1, 0.15) is 36.1 Å². The molecule has 0 aromatic heterocycles. The third-order valence-electron chi connectivity index (χ3n) is 8.90. The first-order valence-corrected chi connectivity index (χ1v) is 18.5. The number of hydrogen-bond donors (Lipinski definition) is 1. The van der Waals surface area contributed by atoms with Crippen LogP contribution in [0.25, 0.3) is 0 Å². The van der Waals surface area contributed by atoms with Crippen molar-refractivity contribution in [2.75, 3.05) is 13.7 Å². The van der Waals surface area contributed by atoms with Crippen molar-refractivity contribution < 1.29 is 42.7 Å². The second kappa shape index (κ2) is 20.8. The molecule has 1 heterocycles. The maximum absolute atomic E-state index is 13.0. The minimum atomic E-state index is -0.994. The number of ether oxygens (including phenoxy) is 7. The zero-order valence-corrected chi connectivity index (χ0v) is 31.6. The summed E-state index contributed by atoms with van der Waals surface area (Å²) in [6.07, 6.45) is -3.25. The van der Waals surface area contributed by atoms with E-state index in [1.165, 1.54) is 7.11 Å². The molecular weight excluding hydrogens is 686 g/mol. The first-order valence-electron chi connectivity index (χ1n) is 18.5. The van der Waals surface area contributed by atoms with Gasteiger partial charge in [-0.25, -0.2) is 9.59 Å². The molecule has 4 aromatic carbocycles. The lowest BCUT2D eigenvalue weighted by atomic mass is 9.90. The fraction of sp³-hybridized carbons (Fsp3) is 0.409. The summed E-state index contributed by atoms with van der Waals surface area (Å²) < 4.78 is 44.1. The first kappa shape index (κ1) is 40.6. The van der Waals surface area contributed by atoms with Gasteiger partial charge in [-0.2, -0.15) is 0 Å². The van der Waals surface area contributed by atoms with Crippen LogP contribution in [0.4, 0.5) is 4.79 Å². The number of methoxy groups -OCH3 is 1. The fourth-order valence-electron chi connectivity index (χ4n) is 6.29. The molecule has 0 spiro atoms. The highest BCUT2D eigenvalue weighted by Gasteiger charge is 2.48. The summed E-state index contributed by atoms with van der Waals surface area (Å²) in [5.41, 5.74) is 3.25. The van der Waals surface area contributed by atoms with Gasteiger partial charge in [-0.15, -0.1) is 0 Å². The van der Waals surface area contributed by atoms with E-state index >= 15 is 0 Å². The Morgan fingerprint density at radius 1 is 0.630 bits per heavy atom. The van der Waals surface area contributed by atoms with E-state index in [4.69, 9.17) is 33.2 Å². The molecule has 0 aliphatic carbocycles. The van der Waals surface area contributed by atoms with Crippen molar-refractivity contribution in [2.45, 2.75) is 102 Å². The molecule has 5 rings (SSSR count). The Balaban J connectivity index is 1.46. The van der Waals surface area contributed by atoms with Gasteiger partial charge in [0.15, 0.2) is 0 Å². The summed E-state index contributed by atoms with van der Waals surface area (Å²) in [5, 5.41) is 2.69. The number of nitrogens with one attached hydrogen (secondary N) is 1. The van der Waals surface area contributed by atoms with E-state index in [0.717, 1.165) is 22.3 Å². The summed E-state index contributed by atoms with van der Waals surface area (Å²) in [6.45, 7) is 6.77. The average molecular weight is 740 g/mol. The number of esters is 1. The molecule has 1 amide bonds. The Kier molecular flexibility index (Phi) is 15.6. The topological polar surface area (TPSA) is 111 Å². The summed E-state index contributed by atoms with van der Waals surface area (Å²) in [5.74, 6) is -0.595. The zero-order chi connectivity index (χ0) is 38.2. The number of carbonyl (C=O) groups excluding carboxylic acids is 2. The van der Waals surface area contributed by atoms with Crippen LogP contribution in [0.3, 0.4) is 0 Å². The van der Waals surface area contributed by atoms with Gasteiger partial charge in [-0.3, -0.25) is 0 Å². The molecule has 0 saturated carbocycles. The molecule has 0 radical (unpaired) electrons. The molecule has 0 bridgehead atoms. The predicted molar refractivity (Wildman–Crippen MR) is 204 cm³/mol. The van der Waals surface area contributed by atoms with Crippen LogP contribution in [-0.2, 0) is 64.4 Å². The standard InChI is InChI=1S/C44H53NO9/c1-44(2,3)54-43(47)45-36(42(46)48-4)25-26-37-39(50-28-33-19-11-6-12-20-33)41(52-30-35-23-15-8-16-24-35)40(51-29-34-21-13-7-14-22-34)38(53-37)31-49-27-32-17-9-5-10-18-32/h5-24,36-41H,25-31H2,1-4H3,(H,45,47)/t36-,37+,38-,39+,40-,41-/m1/s1. The van der Waals surface area contributed by atoms with Crippen LogP contribution in [-0.4, -0.2) is 67.9 Å². The molecule has 288 valence electrons. The number of carbonyl (C=O) groups is 2. The monoisotopic (exact) mass is 739 g/mol. The van der Waals surface area contributed by atoms with Crippen molar-refractivity contribution >= 4 is 12.1 Å². The minimum absolute atomic E-state index is 0.181. The lowest BCUT2D eigenvalue weighted by Crippen LogP contribution is -2.61. The lowest BCUT2D eigenvalue weighted by molar-refractivity contribution is -0.273. The largest absolute Gasteiger partial charge is 0.467 e. The molecule has 54 heavy (non-hydrogen) atoms. The van der Waals surface area contributed by atoms with E-state index in [2.05, 4.69) is 5.32 Å². The van der Waals surface area contributed by atoms with E-state index in [0.29, 0.717) is 26.2 Å². The highest BCUT2D eigenvalue weighted by Crippen LogP contribution is 2.33. The minimum Gasteiger partial charge on any atom is -0.467 e. The normalized spacial score (nSPS) is 20.5. The molecule has 1 aliphatic rings. The van der Waals surface area contributed by atoms with Gasteiger partial charge in [-0.1, -0.05) is 121 Å². The summed E-state index contributed by atoms with van der Waals surface area (Å²) >= 11 is 0. The molecule has 1 N–H and O–H groups in total. The maximum atomic E-state index is 13.0. The van der Waals surface area contributed by atoms with Gasteiger partial charge in [0.05, 0.1) is 46.2 Å². The summed E-state index contributed by atoms with van der Waals surface area (Å²) in [6, 6.07) is 38.7. The Bertz CT molecular complexity index is 1670. The fourth-order valence-corrected chi connectivity index (χ4v) is 6.29. The number of amides is 1. The molecule has 6 atom stereocenters. The van der Waals surface area contributed by atoms with E-state index in [1.54, 1.807) is 20.8 Å². The van der Waals surface area contributed by atoms with Gasteiger partial charge >= 0.3 is 12.1 Å². The van der Waals surface area contributed by atoms with Gasteiger partial charge in [0, 0.05) is 0 Å². The second-order valence-corrected chi connectivity index (χ2v) is 14.3. The SMILES string of the molecule is COC(=O)[C@@H](CC[C@@H]1O[C@H](COCc2ccccc2)[C@@H](OCc2ccccc2)[C@H](OCc2ccccc2)[C@H]1OCc1ccccc1)NC(=O)OC(C)(C)C. The Morgan fingerprint density at radius 3 is 1.50 bits per heavy atom. The second-order valence-electron chi connectivity index (χ2n) is 14.3. The van der Waals surface area contributed by atoms with Crippen LogP contribution in [0.15, 0.2) is 121 Å². The number of hydrogen-bond acceptors (Lipinski definition) is 9. The first-order chi connectivity index (χ1) is 26.2. The molecule has 10 heteroatoms. The van der Waals surface area contributed by atoms with Gasteiger partial charge in [0.25, 0.3) is 0 Å². The lowest BCUT2D eigenvalue weighted by Gasteiger charge is -2.46. The molecular formula is C44H53NO9. The third kappa shape index (κ3) is 13.1. The predicted octanol–water partition coefficient (Wildman–Crippen LogP) is 7.57. The Labute approximate surface area is 319 Å². The number of rotatable bonds is 18. The van der Waals surface area contributed by atoms with Crippen LogP contribution in [0.1, 0.15) is 55.9 Å². The van der Waals surface area contributed by atoms with E-state index in [9.17, 15) is 9.59 Å². The van der Waals surface area contributed by atoms with Crippen molar-refractivity contribution in [1.82, 2.24) is 5.32 Å². The van der Waals surface area contributed by atoms with Gasteiger partial charge in [0.2, 0.25) is 0 Å². The van der Waals surface area contributed by atoms with E-state index < -0.39 is 54.2 Å². The Hall–Kier alpha value is -4.58. The van der Waals surface area contributed by atoms with Gasteiger partial charge < -0.3 is 38.5 Å². The van der Waals surface area contributed by atoms with Crippen molar-refractivity contribution in [3.63, 3.8) is 0 Å². The van der Waals surface area contributed by atoms with Crippen LogP contribution >= 0.6 is 0 Å². The number of benzene rings is 4. The van der Waals surface area contributed by atoms with E-state index in [1.807, 2.05) is 121 Å². The van der Waals surface area contributed by atoms with Crippen molar-refractivity contribution in [1.29, 1.82) is 0 Å². The van der Waals surface area contributed by atoms with Crippen LogP contribution in [0.2, 0.25) is 0 Å². The molecule has 1 fully saturated rings. The molecule has 1 aliphatic heterocycles. The smallest absolute Gasteiger partial charge is 0.408 e. The highest BCUT2D eigenvalue weighted by molar-refractivity contribution is 5.81. The van der Waals surface area contributed by atoms with Crippen LogP contribution < -0.4 is 5.32 Å². The quantitative estimate of drug-likeness (QED) is 0.103. The van der Waals surface area contributed by atoms with Crippen molar-refractivity contribution in [2.24, 2.45) is 0 Å². The van der Waals surface area contributed by atoms with Crippen molar-refractivity contribution in [3.8, 4) is 0 Å². The Morgan fingerprint density at radius 2 is 1.06 bits per heavy atom. The maximum Gasteiger partial charge on any atom is 0.408 e. The summed E-state index contributed by atoms with van der Waals surface area (Å²) in [4.78, 5) is 25.8. The average Bonchev–Trinajstić information content (AvgIpc) is 3.18. The van der Waals surface area contributed by atoms with E-state index in [-0.39, 0.29) is 19.6 Å². The highest BCUT2D eigenvalue weighted by atomic mass is 16.6. The third-order valence-corrected chi connectivity index (χ3v) is 8.90. The van der Waals surface area contributed by atoms with Crippen LogP contribution in [0, 0.1) is 0 Å². The summed E-state index contributed by atoms with van der Waals surface area (Å²) in [7, 11) is 1.29. The van der Waals surface area contributed by atoms with Crippen molar-refractivity contribution in [3.05, 3.63) is 144 Å².